The summed E-state index contributed by atoms with van der Waals surface area (Å²) in [6, 6.07) is 70.4. The molecule has 9 aromatic carbocycles. The van der Waals surface area contributed by atoms with Crippen LogP contribution in [0.4, 0.5) is 17.1 Å². The van der Waals surface area contributed by atoms with E-state index in [1.54, 1.807) is 0 Å². The largest absolute Gasteiger partial charge is 0.456 e. The zero-order chi connectivity index (χ0) is 37.7. The zero-order valence-electron chi connectivity index (χ0n) is 31.2. The zero-order valence-corrected chi connectivity index (χ0v) is 31.2. The van der Waals surface area contributed by atoms with E-state index in [0.717, 1.165) is 71.7 Å². The molecule has 57 heavy (non-hydrogen) atoms. The average molecular weight is 730 g/mol. The van der Waals surface area contributed by atoms with Crippen molar-refractivity contribution in [2.24, 2.45) is 0 Å². The Kier molecular flexibility index (Phi) is 6.76. The Morgan fingerprint density at radius 1 is 0.368 bits per heavy atom. The van der Waals surface area contributed by atoms with Gasteiger partial charge in [0.25, 0.3) is 0 Å². The number of furan rings is 2. The SMILES string of the molecule is Cc1cccc(N(c2cccc(C3(c4ccccc4)c4ccccc4-c4ccccc43)c2)c2ccc3c(c2)oc2cc4cc5c(cc4cc23)oc2ccccc25)c1. The van der Waals surface area contributed by atoms with Crippen LogP contribution >= 0.6 is 0 Å². The fourth-order valence-electron chi connectivity index (χ4n) is 9.67. The Hall–Kier alpha value is -7.36. The van der Waals surface area contributed by atoms with Gasteiger partial charge in [0.2, 0.25) is 0 Å². The number of nitrogens with zero attached hydrogens (tertiary/aromatic N) is 1. The number of fused-ring (bicyclic) bond motifs is 10. The molecule has 11 aromatic rings. The Balaban J connectivity index is 1.05. The second-order valence-corrected chi connectivity index (χ2v) is 15.4. The van der Waals surface area contributed by atoms with Crippen molar-refractivity contribution < 1.29 is 8.83 Å². The number of anilines is 3. The monoisotopic (exact) mass is 729 g/mol. The molecular formula is C54H35NO2. The number of benzene rings is 9. The molecule has 2 aromatic heterocycles. The van der Waals surface area contributed by atoms with E-state index in [1.807, 2.05) is 12.1 Å². The van der Waals surface area contributed by atoms with Crippen LogP contribution in [0.15, 0.2) is 203 Å². The first-order chi connectivity index (χ1) is 28.1. The normalized spacial score (nSPS) is 13.1. The number of rotatable bonds is 5. The molecule has 1 aliphatic rings. The summed E-state index contributed by atoms with van der Waals surface area (Å²) in [5.41, 5.74) is 15.0. The fourth-order valence-corrected chi connectivity index (χ4v) is 9.67. The van der Waals surface area contributed by atoms with E-state index in [0.29, 0.717) is 0 Å². The molecule has 0 aliphatic heterocycles. The maximum Gasteiger partial charge on any atom is 0.137 e. The predicted molar refractivity (Wildman–Crippen MR) is 235 cm³/mol. The van der Waals surface area contributed by atoms with Crippen LogP contribution in [0.1, 0.15) is 27.8 Å². The third kappa shape index (κ3) is 4.66. The van der Waals surface area contributed by atoms with E-state index in [-0.39, 0.29) is 0 Å². The highest BCUT2D eigenvalue weighted by atomic mass is 16.3. The summed E-state index contributed by atoms with van der Waals surface area (Å²) in [5, 5.41) is 6.67. The third-order valence-electron chi connectivity index (χ3n) is 12.1. The molecule has 1 aliphatic carbocycles. The van der Waals surface area contributed by atoms with Gasteiger partial charge < -0.3 is 13.7 Å². The molecule has 0 unspecified atom stereocenters. The molecule has 0 saturated carbocycles. The van der Waals surface area contributed by atoms with Gasteiger partial charge in [0, 0.05) is 44.7 Å². The van der Waals surface area contributed by atoms with Crippen LogP contribution in [0.25, 0.3) is 65.8 Å². The lowest BCUT2D eigenvalue weighted by Gasteiger charge is -2.35. The summed E-state index contributed by atoms with van der Waals surface area (Å²) in [4.78, 5) is 2.37. The maximum absolute atomic E-state index is 6.73. The van der Waals surface area contributed by atoms with Gasteiger partial charge in [0.1, 0.15) is 22.3 Å². The average Bonchev–Trinajstić information content (AvgIpc) is 3.90. The van der Waals surface area contributed by atoms with Gasteiger partial charge in [-0.2, -0.15) is 0 Å². The summed E-state index contributed by atoms with van der Waals surface area (Å²) in [6.07, 6.45) is 0. The molecular weight excluding hydrogens is 695 g/mol. The van der Waals surface area contributed by atoms with Gasteiger partial charge in [-0.25, -0.2) is 0 Å². The summed E-state index contributed by atoms with van der Waals surface area (Å²) in [7, 11) is 0. The number of hydrogen-bond donors (Lipinski definition) is 0. The van der Waals surface area contributed by atoms with Crippen molar-refractivity contribution in [2.75, 3.05) is 4.90 Å². The quantitative estimate of drug-likeness (QED) is 0.177. The van der Waals surface area contributed by atoms with Crippen LogP contribution in [0.2, 0.25) is 0 Å². The number of para-hydroxylation sites is 1. The van der Waals surface area contributed by atoms with Gasteiger partial charge in [-0.05, 0) is 123 Å². The van der Waals surface area contributed by atoms with Crippen molar-refractivity contribution in [3.63, 3.8) is 0 Å². The van der Waals surface area contributed by atoms with Gasteiger partial charge in [-0.1, -0.05) is 121 Å². The topological polar surface area (TPSA) is 29.5 Å². The van der Waals surface area contributed by atoms with Crippen LogP contribution in [0.3, 0.4) is 0 Å². The highest BCUT2D eigenvalue weighted by Gasteiger charge is 2.46. The predicted octanol–water partition coefficient (Wildman–Crippen LogP) is 14.8. The van der Waals surface area contributed by atoms with Crippen molar-refractivity contribution in [3.05, 3.63) is 222 Å². The number of hydrogen-bond acceptors (Lipinski definition) is 3. The van der Waals surface area contributed by atoms with Gasteiger partial charge in [0.15, 0.2) is 0 Å². The van der Waals surface area contributed by atoms with E-state index < -0.39 is 5.41 Å². The fraction of sp³-hybridized carbons (Fsp3) is 0.0370. The van der Waals surface area contributed by atoms with Gasteiger partial charge in [-0.15, -0.1) is 0 Å². The van der Waals surface area contributed by atoms with E-state index >= 15 is 0 Å². The van der Waals surface area contributed by atoms with Crippen molar-refractivity contribution >= 4 is 71.7 Å². The minimum Gasteiger partial charge on any atom is -0.456 e. The maximum atomic E-state index is 6.73. The lowest BCUT2D eigenvalue weighted by molar-refractivity contribution is 0.668. The summed E-state index contributed by atoms with van der Waals surface area (Å²) >= 11 is 0. The molecule has 3 heteroatoms. The van der Waals surface area contributed by atoms with E-state index in [1.165, 1.54) is 38.9 Å². The van der Waals surface area contributed by atoms with Gasteiger partial charge in [-0.3, -0.25) is 0 Å². The molecule has 268 valence electrons. The van der Waals surface area contributed by atoms with Crippen LogP contribution < -0.4 is 4.90 Å². The summed E-state index contributed by atoms with van der Waals surface area (Å²) in [5.74, 6) is 0. The third-order valence-corrected chi connectivity index (χ3v) is 12.1. The Labute approximate surface area is 329 Å². The Morgan fingerprint density at radius 2 is 0.912 bits per heavy atom. The van der Waals surface area contributed by atoms with E-state index in [4.69, 9.17) is 8.83 Å². The van der Waals surface area contributed by atoms with Crippen LogP contribution in [0, 0.1) is 6.92 Å². The lowest BCUT2D eigenvalue weighted by Crippen LogP contribution is -2.28. The van der Waals surface area contributed by atoms with Crippen molar-refractivity contribution in [2.45, 2.75) is 12.3 Å². The van der Waals surface area contributed by atoms with Gasteiger partial charge in [0.05, 0.1) is 5.41 Å². The smallest absolute Gasteiger partial charge is 0.137 e. The molecule has 3 nitrogen and oxygen atoms in total. The first-order valence-electron chi connectivity index (χ1n) is 19.6. The first kappa shape index (κ1) is 31.9. The lowest BCUT2D eigenvalue weighted by atomic mass is 9.67. The van der Waals surface area contributed by atoms with E-state index in [9.17, 15) is 0 Å². The van der Waals surface area contributed by atoms with Crippen LogP contribution in [-0.2, 0) is 5.41 Å². The summed E-state index contributed by atoms with van der Waals surface area (Å²) in [6.45, 7) is 2.15. The number of aryl methyl sites for hydroxylation is 1. The highest BCUT2D eigenvalue weighted by molar-refractivity contribution is 6.15. The van der Waals surface area contributed by atoms with Crippen molar-refractivity contribution in [1.29, 1.82) is 0 Å². The van der Waals surface area contributed by atoms with E-state index in [2.05, 4.69) is 194 Å². The molecule has 12 rings (SSSR count). The molecule has 0 atom stereocenters. The minimum atomic E-state index is -0.499. The molecule has 0 N–H and O–H groups in total. The Morgan fingerprint density at radius 3 is 1.63 bits per heavy atom. The van der Waals surface area contributed by atoms with Crippen molar-refractivity contribution in [3.8, 4) is 11.1 Å². The molecule has 0 bridgehead atoms. The molecule has 0 spiro atoms. The minimum absolute atomic E-state index is 0.499. The van der Waals surface area contributed by atoms with Gasteiger partial charge >= 0.3 is 0 Å². The second-order valence-electron chi connectivity index (χ2n) is 15.4. The van der Waals surface area contributed by atoms with Crippen LogP contribution in [-0.4, -0.2) is 0 Å². The molecule has 2 heterocycles. The Bertz CT molecular complexity index is 3340. The summed E-state index contributed by atoms with van der Waals surface area (Å²) < 4.78 is 13.0. The molecule has 0 fully saturated rings. The molecule has 0 radical (unpaired) electrons. The van der Waals surface area contributed by atoms with Crippen molar-refractivity contribution in [1.82, 2.24) is 0 Å². The first-order valence-corrected chi connectivity index (χ1v) is 19.6. The molecule has 0 amide bonds. The highest BCUT2D eigenvalue weighted by Crippen LogP contribution is 2.56. The second kappa shape index (κ2) is 12.1. The molecule has 0 saturated heterocycles. The van der Waals surface area contributed by atoms with Crippen LogP contribution in [0.5, 0.6) is 0 Å². The standard InChI is InChI=1S/C54H35NO2/c1-34-13-11-17-39(27-34)55(40-18-12-16-38(32-40)54(37-14-3-2-4-15-37)48-22-8-5-19-42(48)43-20-6-9-23-49(43)54)41-25-26-45-47-29-36-30-51-46(44-21-7-10-24-50(44)56-51)28-35(36)31-52(47)57-53(45)33-41/h2-33H,1H3.